The molecule has 1 rings (SSSR count). The highest BCUT2D eigenvalue weighted by Crippen LogP contribution is 2.28. The van der Waals surface area contributed by atoms with Gasteiger partial charge in [0.1, 0.15) is 6.07 Å². The molecule has 0 unspecified atom stereocenters. The molecule has 0 saturated heterocycles. The van der Waals surface area contributed by atoms with Crippen molar-refractivity contribution in [3.8, 4) is 6.07 Å². The third-order valence-corrected chi connectivity index (χ3v) is 2.39. The molecule has 0 heterocycles. The molecule has 72 valence electrons. The number of hydrogen-bond acceptors (Lipinski definition) is 2. The van der Waals surface area contributed by atoms with Gasteiger partial charge in [-0.3, -0.25) is 5.32 Å². The molecular weight excluding hydrogens is 271 g/mol. The highest BCUT2D eigenvalue weighted by Gasteiger charge is 2.08. The average molecular weight is 275 g/mol. The molecule has 4 nitrogen and oxygen atoms in total. The molecule has 0 radical (unpaired) electrons. The van der Waals surface area contributed by atoms with E-state index in [0.29, 0.717) is 10.0 Å². The van der Waals surface area contributed by atoms with Gasteiger partial charge in [0.05, 0.1) is 16.3 Å². The van der Waals surface area contributed by atoms with Crippen molar-refractivity contribution in [2.24, 2.45) is 0 Å². The quantitative estimate of drug-likeness (QED) is 0.827. The fourth-order valence-corrected chi connectivity index (χ4v) is 1.62. The van der Waals surface area contributed by atoms with E-state index in [-0.39, 0.29) is 10.7 Å². The number of benzene rings is 1. The van der Waals surface area contributed by atoms with Gasteiger partial charge in [-0.2, -0.15) is 5.26 Å². The Balaban J connectivity index is 3.19. The predicted octanol–water partition coefficient (Wildman–Crippen LogP) is 3.06. The van der Waals surface area contributed by atoms with E-state index < -0.39 is 6.09 Å². The first kappa shape index (κ1) is 10.8. The van der Waals surface area contributed by atoms with Crippen LogP contribution in [-0.2, 0) is 0 Å². The van der Waals surface area contributed by atoms with Crippen molar-refractivity contribution >= 4 is 39.3 Å². The summed E-state index contributed by atoms with van der Waals surface area (Å²) in [6, 6.07) is 4.72. The summed E-state index contributed by atoms with van der Waals surface area (Å²) in [5.74, 6) is 0. The van der Waals surface area contributed by atoms with E-state index in [1.54, 1.807) is 0 Å². The molecule has 14 heavy (non-hydrogen) atoms. The number of carboxylic acid groups (broad SMARTS) is 1. The number of rotatable bonds is 1. The Morgan fingerprint density at radius 2 is 2.29 bits per heavy atom. The molecule has 0 fully saturated rings. The van der Waals surface area contributed by atoms with Crippen molar-refractivity contribution in [1.82, 2.24) is 0 Å². The normalized spacial score (nSPS) is 9.21. The van der Waals surface area contributed by atoms with Crippen LogP contribution in [0.25, 0.3) is 0 Å². The summed E-state index contributed by atoms with van der Waals surface area (Å²) in [6.07, 6.45) is -1.22. The van der Waals surface area contributed by atoms with E-state index in [4.69, 9.17) is 22.0 Å². The van der Waals surface area contributed by atoms with Gasteiger partial charge in [-0.25, -0.2) is 4.79 Å². The maximum atomic E-state index is 10.3. The number of amides is 1. The van der Waals surface area contributed by atoms with Crippen molar-refractivity contribution in [3.05, 3.63) is 27.2 Å². The topological polar surface area (TPSA) is 73.1 Å². The lowest BCUT2D eigenvalue weighted by Gasteiger charge is -2.05. The molecular formula is C8H4BrClN2O2. The van der Waals surface area contributed by atoms with Gasteiger partial charge in [-0.1, -0.05) is 11.6 Å². The van der Waals surface area contributed by atoms with Crippen LogP contribution in [0.4, 0.5) is 10.5 Å². The van der Waals surface area contributed by atoms with E-state index in [1.165, 1.54) is 12.1 Å². The number of anilines is 1. The first-order chi connectivity index (χ1) is 6.54. The number of hydrogen-bond donors (Lipinski definition) is 2. The Hall–Kier alpha value is -1.25. The minimum atomic E-state index is -1.22. The molecule has 0 bridgehead atoms. The summed E-state index contributed by atoms with van der Waals surface area (Å²) in [4.78, 5) is 10.3. The summed E-state index contributed by atoms with van der Waals surface area (Å²) >= 11 is 8.86. The molecule has 6 heteroatoms. The second-order valence-corrected chi connectivity index (χ2v) is 3.62. The molecule has 0 spiro atoms. The van der Waals surface area contributed by atoms with Gasteiger partial charge < -0.3 is 5.11 Å². The van der Waals surface area contributed by atoms with Crippen LogP contribution in [-0.4, -0.2) is 11.2 Å². The van der Waals surface area contributed by atoms with Crippen LogP contribution in [0.5, 0.6) is 0 Å². The van der Waals surface area contributed by atoms with E-state index in [0.717, 1.165) is 0 Å². The number of nitrogens with one attached hydrogen (secondary N) is 1. The molecule has 0 aliphatic heterocycles. The van der Waals surface area contributed by atoms with Crippen LogP contribution in [0.1, 0.15) is 5.56 Å². The predicted molar refractivity (Wildman–Crippen MR) is 55.5 cm³/mol. The van der Waals surface area contributed by atoms with Gasteiger partial charge in [0, 0.05) is 4.47 Å². The van der Waals surface area contributed by atoms with Gasteiger partial charge in [0.2, 0.25) is 0 Å². The summed E-state index contributed by atoms with van der Waals surface area (Å²) in [5, 5.41) is 19.5. The van der Waals surface area contributed by atoms with Crippen molar-refractivity contribution in [1.29, 1.82) is 5.26 Å². The number of halogens is 2. The maximum absolute atomic E-state index is 10.3. The molecule has 0 aromatic heterocycles. The van der Waals surface area contributed by atoms with E-state index in [2.05, 4.69) is 21.2 Å². The molecule has 0 atom stereocenters. The summed E-state index contributed by atoms with van der Waals surface area (Å²) in [5.41, 5.74) is 0.511. The van der Waals surface area contributed by atoms with Crippen LogP contribution in [0, 0.1) is 11.3 Å². The lowest BCUT2D eigenvalue weighted by Crippen LogP contribution is -2.07. The smallest absolute Gasteiger partial charge is 0.409 e. The minimum absolute atomic E-state index is 0.193. The molecule has 0 aliphatic rings. The number of carbonyl (C=O) groups is 1. The van der Waals surface area contributed by atoms with Crippen LogP contribution >= 0.6 is 27.5 Å². The van der Waals surface area contributed by atoms with Gasteiger partial charge in [-0.05, 0) is 28.1 Å². The zero-order valence-corrected chi connectivity index (χ0v) is 9.06. The largest absolute Gasteiger partial charge is 0.465 e. The third-order valence-electron chi connectivity index (χ3n) is 1.42. The maximum Gasteiger partial charge on any atom is 0.409 e. The Labute approximate surface area is 93.2 Å². The zero-order chi connectivity index (χ0) is 10.7. The lowest BCUT2D eigenvalue weighted by molar-refractivity contribution is 0.210. The van der Waals surface area contributed by atoms with Gasteiger partial charge in [0.15, 0.2) is 0 Å². The second kappa shape index (κ2) is 4.31. The number of nitrogens with zero attached hydrogens (tertiary/aromatic N) is 1. The molecule has 0 aliphatic carbocycles. The fraction of sp³-hybridized carbons (Fsp3) is 0. The van der Waals surface area contributed by atoms with Crippen LogP contribution in [0.2, 0.25) is 5.02 Å². The molecule has 1 amide bonds. The van der Waals surface area contributed by atoms with E-state index in [9.17, 15) is 4.79 Å². The standard InChI is InChI=1S/C8H4BrClN2O2/c9-5-2-6(10)7(12-8(13)14)1-4(5)3-11/h1-2,12H,(H,13,14). The highest BCUT2D eigenvalue weighted by molar-refractivity contribution is 9.10. The van der Waals surface area contributed by atoms with Gasteiger partial charge >= 0.3 is 6.09 Å². The summed E-state index contributed by atoms with van der Waals surface area (Å²) in [7, 11) is 0. The zero-order valence-electron chi connectivity index (χ0n) is 6.71. The van der Waals surface area contributed by atoms with Gasteiger partial charge in [0.25, 0.3) is 0 Å². The highest BCUT2D eigenvalue weighted by atomic mass is 79.9. The van der Waals surface area contributed by atoms with Crippen molar-refractivity contribution < 1.29 is 9.90 Å². The Morgan fingerprint density at radius 1 is 1.64 bits per heavy atom. The Morgan fingerprint density at radius 3 is 2.79 bits per heavy atom. The molecule has 1 aromatic carbocycles. The van der Waals surface area contributed by atoms with Crippen molar-refractivity contribution in [2.45, 2.75) is 0 Å². The Kier molecular flexibility index (Phi) is 3.33. The summed E-state index contributed by atoms with van der Waals surface area (Å²) < 4.78 is 0.529. The van der Waals surface area contributed by atoms with Gasteiger partial charge in [-0.15, -0.1) is 0 Å². The summed E-state index contributed by atoms with van der Waals surface area (Å²) in [6.45, 7) is 0. The first-order valence-electron chi connectivity index (χ1n) is 3.43. The SMILES string of the molecule is N#Cc1cc(NC(=O)O)c(Cl)cc1Br. The minimum Gasteiger partial charge on any atom is -0.465 e. The van der Waals surface area contributed by atoms with E-state index in [1.807, 2.05) is 6.07 Å². The lowest BCUT2D eigenvalue weighted by atomic mass is 10.2. The fourth-order valence-electron chi connectivity index (χ4n) is 0.846. The van der Waals surface area contributed by atoms with Crippen LogP contribution < -0.4 is 5.32 Å². The van der Waals surface area contributed by atoms with Crippen LogP contribution in [0.15, 0.2) is 16.6 Å². The molecule has 0 saturated carbocycles. The molecule has 1 aromatic rings. The second-order valence-electron chi connectivity index (χ2n) is 2.35. The van der Waals surface area contributed by atoms with Crippen molar-refractivity contribution in [2.75, 3.05) is 5.32 Å². The first-order valence-corrected chi connectivity index (χ1v) is 4.60. The van der Waals surface area contributed by atoms with Crippen LogP contribution in [0.3, 0.4) is 0 Å². The van der Waals surface area contributed by atoms with Crippen molar-refractivity contribution in [3.63, 3.8) is 0 Å². The van der Waals surface area contributed by atoms with E-state index >= 15 is 0 Å². The Bertz CT molecular complexity index is 428. The monoisotopic (exact) mass is 274 g/mol. The average Bonchev–Trinajstić information content (AvgIpc) is 2.09. The third kappa shape index (κ3) is 2.37. The number of nitriles is 1. The molecule has 2 N–H and O–H groups in total.